The molecule has 0 saturated carbocycles. The van der Waals surface area contributed by atoms with Crippen LogP contribution in [-0.4, -0.2) is 15.3 Å². The molecule has 0 spiro atoms. The molecule has 3 nitrogen and oxygen atoms in total. The van der Waals surface area contributed by atoms with Crippen molar-refractivity contribution >= 4 is 5.78 Å². The van der Waals surface area contributed by atoms with Gasteiger partial charge in [-0.3, -0.25) is 4.79 Å². The van der Waals surface area contributed by atoms with Gasteiger partial charge < -0.3 is 4.57 Å². The molecule has 0 fully saturated rings. The predicted molar refractivity (Wildman–Crippen MR) is 71.3 cm³/mol. The zero-order chi connectivity index (χ0) is 13.2. The minimum absolute atomic E-state index is 0.187. The highest BCUT2D eigenvalue weighted by Gasteiger charge is 2.31. The van der Waals surface area contributed by atoms with Gasteiger partial charge in [0.05, 0.1) is 6.33 Å². The highest BCUT2D eigenvalue weighted by molar-refractivity contribution is 5.90. The molecule has 0 saturated heterocycles. The Bertz CT molecular complexity index is 509. The van der Waals surface area contributed by atoms with Crippen molar-refractivity contribution in [3.63, 3.8) is 0 Å². The van der Waals surface area contributed by atoms with E-state index in [0.717, 1.165) is 5.56 Å². The van der Waals surface area contributed by atoms with Gasteiger partial charge in [0.25, 0.3) is 0 Å². The lowest BCUT2D eigenvalue weighted by Crippen LogP contribution is -2.30. The van der Waals surface area contributed by atoms with Gasteiger partial charge >= 0.3 is 0 Å². The molecule has 18 heavy (non-hydrogen) atoms. The van der Waals surface area contributed by atoms with E-state index in [0.29, 0.717) is 0 Å². The fraction of sp³-hybridized carbons (Fsp3) is 0.333. The molecule has 1 atom stereocenters. The van der Waals surface area contributed by atoms with Crippen molar-refractivity contribution in [2.75, 3.05) is 0 Å². The molecule has 1 aromatic heterocycles. The number of carbonyl (C=O) groups is 1. The summed E-state index contributed by atoms with van der Waals surface area (Å²) < 4.78 is 1.86. The van der Waals surface area contributed by atoms with E-state index in [1.807, 2.05) is 61.9 Å². The van der Waals surface area contributed by atoms with Crippen molar-refractivity contribution < 1.29 is 4.79 Å². The molecule has 0 bridgehead atoms. The monoisotopic (exact) mass is 242 g/mol. The zero-order valence-corrected chi connectivity index (χ0v) is 11.0. The Hall–Kier alpha value is -1.90. The van der Waals surface area contributed by atoms with Gasteiger partial charge in [-0.2, -0.15) is 0 Å². The molecule has 0 radical (unpaired) electrons. The fourth-order valence-corrected chi connectivity index (χ4v) is 1.93. The summed E-state index contributed by atoms with van der Waals surface area (Å²) in [5.74, 6) is 0.187. The molecule has 3 heteroatoms. The fourth-order valence-electron chi connectivity index (χ4n) is 1.93. The second-order valence-corrected chi connectivity index (χ2v) is 5.44. The zero-order valence-electron chi connectivity index (χ0n) is 11.0. The second-order valence-electron chi connectivity index (χ2n) is 5.44. The minimum atomic E-state index is -0.384. The molecule has 1 aromatic carbocycles. The topological polar surface area (TPSA) is 34.9 Å². The summed E-state index contributed by atoms with van der Waals surface area (Å²) in [7, 11) is 0. The van der Waals surface area contributed by atoms with Crippen LogP contribution in [0.1, 0.15) is 32.4 Å². The molecule has 0 aliphatic carbocycles. The minimum Gasteiger partial charge on any atom is -0.323 e. The standard InChI is InChI=1S/C15H18N2O/c1-15(2,3)14(18)13(17-10-9-16-11-17)12-7-5-4-6-8-12/h4-11,13H,1-3H3. The summed E-state index contributed by atoms with van der Waals surface area (Å²) in [6.07, 6.45) is 5.23. The number of nitrogens with zero attached hydrogens (tertiary/aromatic N) is 2. The Balaban J connectivity index is 2.46. The highest BCUT2D eigenvalue weighted by atomic mass is 16.1. The van der Waals surface area contributed by atoms with E-state index in [1.54, 1.807) is 12.5 Å². The van der Waals surface area contributed by atoms with Crippen LogP contribution < -0.4 is 0 Å². The molecule has 0 N–H and O–H groups in total. The number of benzene rings is 1. The summed E-state index contributed by atoms with van der Waals surface area (Å²) in [4.78, 5) is 16.7. The number of aromatic nitrogens is 2. The number of carbonyl (C=O) groups excluding carboxylic acids is 1. The van der Waals surface area contributed by atoms with Crippen molar-refractivity contribution in [2.24, 2.45) is 5.41 Å². The SMILES string of the molecule is CC(C)(C)C(=O)C(c1ccccc1)n1ccnc1. The van der Waals surface area contributed by atoms with Crippen molar-refractivity contribution in [3.05, 3.63) is 54.6 Å². The first-order valence-corrected chi connectivity index (χ1v) is 6.07. The Morgan fingerprint density at radius 3 is 2.39 bits per heavy atom. The molecule has 0 amide bonds. The predicted octanol–water partition coefficient (Wildman–Crippen LogP) is 3.09. The quantitative estimate of drug-likeness (QED) is 0.829. The van der Waals surface area contributed by atoms with Crippen LogP contribution in [0.15, 0.2) is 49.1 Å². The first-order chi connectivity index (χ1) is 8.50. The molecule has 2 aromatic rings. The van der Waals surface area contributed by atoms with Gasteiger partial charge in [0.15, 0.2) is 5.78 Å². The lowest BCUT2D eigenvalue weighted by Gasteiger charge is -2.25. The third-order valence-electron chi connectivity index (χ3n) is 2.93. The van der Waals surface area contributed by atoms with Crippen LogP contribution in [0, 0.1) is 5.41 Å². The van der Waals surface area contributed by atoms with Crippen LogP contribution in [0.3, 0.4) is 0 Å². The third-order valence-corrected chi connectivity index (χ3v) is 2.93. The number of rotatable bonds is 3. The lowest BCUT2D eigenvalue weighted by atomic mass is 9.84. The van der Waals surface area contributed by atoms with Crippen molar-refractivity contribution in [1.29, 1.82) is 0 Å². The van der Waals surface area contributed by atoms with Crippen LogP contribution >= 0.6 is 0 Å². The maximum absolute atomic E-state index is 12.6. The number of hydrogen-bond acceptors (Lipinski definition) is 2. The van der Waals surface area contributed by atoms with E-state index >= 15 is 0 Å². The summed E-state index contributed by atoms with van der Waals surface area (Å²) in [5.41, 5.74) is 0.612. The average molecular weight is 242 g/mol. The van der Waals surface area contributed by atoms with Crippen LogP contribution in [0.4, 0.5) is 0 Å². The summed E-state index contributed by atoms with van der Waals surface area (Å²) in [5, 5.41) is 0. The number of imidazole rings is 1. The highest BCUT2D eigenvalue weighted by Crippen LogP contribution is 2.28. The largest absolute Gasteiger partial charge is 0.323 e. The van der Waals surface area contributed by atoms with Gasteiger partial charge in [0.2, 0.25) is 0 Å². The van der Waals surface area contributed by atoms with E-state index in [4.69, 9.17) is 0 Å². The molecule has 1 heterocycles. The van der Waals surface area contributed by atoms with E-state index < -0.39 is 0 Å². The molecule has 2 rings (SSSR count). The van der Waals surface area contributed by atoms with Gasteiger partial charge in [0, 0.05) is 17.8 Å². The van der Waals surface area contributed by atoms with E-state index in [2.05, 4.69) is 4.98 Å². The Labute approximate surface area is 107 Å². The smallest absolute Gasteiger partial charge is 0.165 e. The Morgan fingerprint density at radius 2 is 1.89 bits per heavy atom. The number of hydrogen-bond donors (Lipinski definition) is 0. The average Bonchev–Trinajstić information content (AvgIpc) is 2.83. The van der Waals surface area contributed by atoms with E-state index in [-0.39, 0.29) is 17.2 Å². The number of Topliss-reactive ketones (excluding diaryl/α,β-unsaturated/α-hetero) is 1. The summed E-state index contributed by atoms with van der Waals surface area (Å²) in [6, 6.07) is 9.52. The van der Waals surface area contributed by atoms with Crippen LogP contribution in [0.2, 0.25) is 0 Å². The summed E-state index contributed by atoms with van der Waals surface area (Å²) in [6.45, 7) is 5.84. The molecule has 94 valence electrons. The van der Waals surface area contributed by atoms with Gasteiger partial charge in [-0.1, -0.05) is 51.1 Å². The molecule has 0 aliphatic heterocycles. The maximum atomic E-state index is 12.6. The number of ketones is 1. The third kappa shape index (κ3) is 2.50. The Kier molecular flexibility index (Phi) is 3.32. The first-order valence-electron chi connectivity index (χ1n) is 6.07. The lowest BCUT2D eigenvalue weighted by molar-refractivity contribution is -0.128. The first kappa shape index (κ1) is 12.6. The van der Waals surface area contributed by atoms with Crippen LogP contribution in [0.5, 0.6) is 0 Å². The maximum Gasteiger partial charge on any atom is 0.165 e. The molecule has 0 aliphatic rings. The molecular formula is C15H18N2O. The summed E-state index contributed by atoms with van der Waals surface area (Å²) >= 11 is 0. The normalized spacial score (nSPS) is 13.3. The van der Waals surface area contributed by atoms with Crippen LogP contribution in [0.25, 0.3) is 0 Å². The second kappa shape index (κ2) is 4.77. The molecular weight excluding hydrogens is 224 g/mol. The molecule has 1 unspecified atom stereocenters. The van der Waals surface area contributed by atoms with Crippen LogP contribution in [-0.2, 0) is 4.79 Å². The van der Waals surface area contributed by atoms with Crippen molar-refractivity contribution in [3.8, 4) is 0 Å². The van der Waals surface area contributed by atoms with Crippen molar-refractivity contribution in [1.82, 2.24) is 9.55 Å². The van der Waals surface area contributed by atoms with Crippen molar-refractivity contribution in [2.45, 2.75) is 26.8 Å². The van der Waals surface area contributed by atoms with Gasteiger partial charge in [-0.25, -0.2) is 4.98 Å². The van der Waals surface area contributed by atoms with E-state index in [1.165, 1.54) is 0 Å². The van der Waals surface area contributed by atoms with Gasteiger partial charge in [-0.15, -0.1) is 0 Å². The Morgan fingerprint density at radius 1 is 1.22 bits per heavy atom. The van der Waals surface area contributed by atoms with Gasteiger partial charge in [0.1, 0.15) is 6.04 Å². The van der Waals surface area contributed by atoms with Gasteiger partial charge in [-0.05, 0) is 5.56 Å². The van der Waals surface area contributed by atoms with E-state index in [9.17, 15) is 4.79 Å².